The largest absolute Gasteiger partial charge is 0.381 e. The van der Waals surface area contributed by atoms with E-state index in [4.69, 9.17) is 4.74 Å². The minimum atomic E-state index is 0.256. The van der Waals surface area contributed by atoms with Crippen molar-refractivity contribution < 1.29 is 4.74 Å². The monoisotopic (exact) mass is 243 g/mol. The molecule has 0 aromatic rings. The first kappa shape index (κ1) is 16.9. The summed E-state index contributed by atoms with van der Waals surface area (Å²) in [6.45, 7) is 14.1. The number of rotatable bonds is 10. The summed E-state index contributed by atoms with van der Waals surface area (Å²) in [6.07, 6.45) is 6.28. The Hall–Kier alpha value is -0.0800. The average Bonchev–Trinajstić information content (AvgIpc) is 2.21. The van der Waals surface area contributed by atoms with Crippen molar-refractivity contribution >= 4 is 0 Å². The third kappa shape index (κ3) is 13.9. The molecule has 1 atom stereocenters. The van der Waals surface area contributed by atoms with Gasteiger partial charge in [0.1, 0.15) is 0 Å². The standard InChI is InChI=1S/C15H33NO/c1-6-10-14(2)13-17-12-9-7-8-11-16-15(3,4)5/h14,16H,6-13H2,1-5H3. The van der Waals surface area contributed by atoms with Crippen LogP contribution in [0.1, 0.15) is 66.7 Å². The van der Waals surface area contributed by atoms with Crippen LogP contribution < -0.4 is 5.32 Å². The summed E-state index contributed by atoms with van der Waals surface area (Å²) in [5, 5.41) is 3.51. The van der Waals surface area contributed by atoms with Gasteiger partial charge in [-0.05, 0) is 58.9 Å². The SMILES string of the molecule is CCCC(C)COCCCCCNC(C)(C)C. The van der Waals surface area contributed by atoms with E-state index in [1.54, 1.807) is 0 Å². The molecule has 0 saturated carbocycles. The molecule has 2 heteroatoms. The van der Waals surface area contributed by atoms with E-state index in [1.807, 2.05) is 0 Å². The molecule has 0 aliphatic heterocycles. The summed E-state index contributed by atoms with van der Waals surface area (Å²) in [7, 11) is 0. The molecule has 0 spiro atoms. The molecule has 0 aliphatic carbocycles. The Morgan fingerprint density at radius 1 is 1.12 bits per heavy atom. The lowest BCUT2D eigenvalue weighted by Gasteiger charge is -2.20. The molecular formula is C15H33NO. The van der Waals surface area contributed by atoms with Crippen LogP contribution in [0.15, 0.2) is 0 Å². The van der Waals surface area contributed by atoms with E-state index in [0.717, 1.165) is 25.7 Å². The quantitative estimate of drug-likeness (QED) is 0.586. The molecule has 0 bridgehead atoms. The molecule has 0 rings (SSSR count). The maximum absolute atomic E-state index is 5.68. The molecule has 0 aromatic heterocycles. The van der Waals surface area contributed by atoms with E-state index in [2.05, 4.69) is 39.9 Å². The minimum absolute atomic E-state index is 0.256. The van der Waals surface area contributed by atoms with Crippen LogP contribution >= 0.6 is 0 Å². The summed E-state index contributed by atoms with van der Waals surface area (Å²) in [5.74, 6) is 0.725. The summed E-state index contributed by atoms with van der Waals surface area (Å²) >= 11 is 0. The van der Waals surface area contributed by atoms with Crippen LogP contribution in [0.5, 0.6) is 0 Å². The molecular weight excluding hydrogens is 210 g/mol. The van der Waals surface area contributed by atoms with E-state index in [-0.39, 0.29) is 5.54 Å². The van der Waals surface area contributed by atoms with E-state index in [1.165, 1.54) is 32.1 Å². The first-order valence-corrected chi connectivity index (χ1v) is 7.28. The van der Waals surface area contributed by atoms with Gasteiger partial charge in [0.25, 0.3) is 0 Å². The zero-order valence-electron chi connectivity index (χ0n) is 12.6. The second kappa shape index (κ2) is 9.90. The Labute approximate surface area is 109 Å². The lowest BCUT2D eigenvalue weighted by Crippen LogP contribution is -2.36. The average molecular weight is 243 g/mol. The highest BCUT2D eigenvalue weighted by Gasteiger charge is 2.06. The van der Waals surface area contributed by atoms with Gasteiger partial charge in [-0.2, -0.15) is 0 Å². The van der Waals surface area contributed by atoms with Crippen LogP contribution in [-0.2, 0) is 4.74 Å². The third-order valence-electron chi connectivity index (χ3n) is 2.80. The zero-order chi connectivity index (χ0) is 13.1. The molecule has 0 aromatic carbocycles. The predicted molar refractivity (Wildman–Crippen MR) is 76.5 cm³/mol. The lowest BCUT2D eigenvalue weighted by atomic mass is 10.1. The second-order valence-corrected chi connectivity index (χ2v) is 6.21. The van der Waals surface area contributed by atoms with Crippen LogP contribution in [0, 0.1) is 5.92 Å². The van der Waals surface area contributed by atoms with Crippen molar-refractivity contribution in [3.8, 4) is 0 Å². The van der Waals surface area contributed by atoms with E-state index in [0.29, 0.717) is 0 Å². The molecule has 104 valence electrons. The molecule has 0 aliphatic rings. The van der Waals surface area contributed by atoms with Gasteiger partial charge in [-0.3, -0.25) is 0 Å². The van der Waals surface area contributed by atoms with Gasteiger partial charge in [-0.25, -0.2) is 0 Å². The maximum atomic E-state index is 5.68. The molecule has 0 saturated heterocycles. The normalized spacial score (nSPS) is 13.9. The van der Waals surface area contributed by atoms with Gasteiger partial charge < -0.3 is 10.1 Å². The van der Waals surface area contributed by atoms with Crippen molar-refractivity contribution in [1.82, 2.24) is 5.32 Å². The Bertz CT molecular complexity index is 163. The van der Waals surface area contributed by atoms with Gasteiger partial charge in [-0.15, -0.1) is 0 Å². The summed E-state index contributed by atoms with van der Waals surface area (Å²) in [6, 6.07) is 0. The van der Waals surface area contributed by atoms with Crippen molar-refractivity contribution in [3.63, 3.8) is 0 Å². The maximum Gasteiger partial charge on any atom is 0.0491 e. The smallest absolute Gasteiger partial charge is 0.0491 e. The number of ether oxygens (including phenoxy) is 1. The van der Waals surface area contributed by atoms with Crippen molar-refractivity contribution in [2.24, 2.45) is 5.92 Å². The molecule has 1 N–H and O–H groups in total. The van der Waals surface area contributed by atoms with Gasteiger partial charge in [0.05, 0.1) is 0 Å². The van der Waals surface area contributed by atoms with Gasteiger partial charge in [-0.1, -0.05) is 20.3 Å². The first-order valence-electron chi connectivity index (χ1n) is 7.28. The molecule has 1 unspecified atom stereocenters. The van der Waals surface area contributed by atoms with Gasteiger partial charge >= 0.3 is 0 Å². The highest BCUT2D eigenvalue weighted by molar-refractivity contribution is 4.69. The van der Waals surface area contributed by atoms with E-state index in [9.17, 15) is 0 Å². The summed E-state index contributed by atoms with van der Waals surface area (Å²) in [5.41, 5.74) is 0.256. The Balaban J connectivity index is 3.14. The fourth-order valence-corrected chi connectivity index (χ4v) is 1.83. The van der Waals surface area contributed by atoms with Gasteiger partial charge in [0, 0.05) is 18.8 Å². The summed E-state index contributed by atoms with van der Waals surface area (Å²) < 4.78 is 5.68. The van der Waals surface area contributed by atoms with Crippen LogP contribution in [0.2, 0.25) is 0 Å². The Morgan fingerprint density at radius 2 is 1.82 bits per heavy atom. The fraction of sp³-hybridized carbons (Fsp3) is 1.00. The van der Waals surface area contributed by atoms with Crippen LogP contribution in [0.3, 0.4) is 0 Å². The molecule has 0 amide bonds. The second-order valence-electron chi connectivity index (χ2n) is 6.21. The Morgan fingerprint density at radius 3 is 2.41 bits per heavy atom. The topological polar surface area (TPSA) is 21.3 Å². The molecule has 0 heterocycles. The Kier molecular flexibility index (Phi) is 9.85. The zero-order valence-corrected chi connectivity index (χ0v) is 12.6. The van der Waals surface area contributed by atoms with Crippen molar-refractivity contribution in [1.29, 1.82) is 0 Å². The van der Waals surface area contributed by atoms with E-state index < -0.39 is 0 Å². The minimum Gasteiger partial charge on any atom is -0.381 e. The van der Waals surface area contributed by atoms with Crippen LogP contribution in [0.25, 0.3) is 0 Å². The predicted octanol–water partition coefficient (Wildman–Crippen LogP) is 4.00. The fourth-order valence-electron chi connectivity index (χ4n) is 1.83. The first-order chi connectivity index (χ1) is 7.95. The lowest BCUT2D eigenvalue weighted by molar-refractivity contribution is 0.0983. The number of nitrogens with one attached hydrogen (secondary N) is 1. The molecule has 17 heavy (non-hydrogen) atoms. The van der Waals surface area contributed by atoms with Crippen LogP contribution in [-0.4, -0.2) is 25.3 Å². The van der Waals surface area contributed by atoms with Gasteiger partial charge in [0.15, 0.2) is 0 Å². The number of hydrogen-bond acceptors (Lipinski definition) is 2. The van der Waals surface area contributed by atoms with Gasteiger partial charge in [0.2, 0.25) is 0 Å². The van der Waals surface area contributed by atoms with Crippen molar-refractivity contribution in [3.05, 3.63) is 0 Å². The third-order valence-corrected chi connectivity index (χ3v) is 2.80. The van der Waals surface area contributed by atoms with Crippen LogP contribution in [0.4, 0.5) is 0 Å². The van der Waals surface area contributed by atoms with Crippen molar-refractivity contribution in [2.45, 2.75) is 72.3 Å². The number of unbranched alkanes of at least 4 members (excludes halogenated alkanes) is 2. The molecule has 0 radical (unpaired) electrons. The number of hydrogen-bond donors (Lipinski definition) is 1. The highest BCUT2D eigenvalue weighted by Crippen LogP contribution is 2.06. The highest BCUT2D eigenvalue weighted by atomic mass is 16.5. The summed E-state index contributed by atoms with van der Waals surface area (Å²) in [4.78, 5) is 0. The van der Waals surface area contributed by atoms with Crippen molar-refractivity contribution in [2.75, 3.05) is 19.8 Å². The van der Waals surface area contributed by atoms with E-state index >= 15 is 0 Å². The molecule has 2 nitrogen and oxygen atoms in total. The molecule has 0 fully saturated rings.